The molecule has 0 aliphatic rings. The van der Waals surface area contributed by atoms with Crippen molar-refractivity contribution in [2.24, 2.45) is 0 Å². The fourth-order valence-electron chi connectivity index (χ4n) is 1.77. The predicted octanol–water partition coefficient (Wildman–Crippen LogP) is 3.32. The Morgan fingerprint density at radius 2 is 2.14 bits per heavy atom. The first kappa shape index (κ1) is 16.2. The fourth-order valence-corrected chi connectivity index (χ4v) is 2.22. The van der Waals surface area contributed by atoms with Crippen molar-refractivity contribution in [3.05, 3.63) is 46.1 Å². The Morgan fingerprint density at radius 3 is 2.73 bits per heavy atom. The molecule has 0 saturated heterocycles. The molecular weight excluding hydrogens is 352 g/mol. The van der Waals surface area contributed by atoms with Gasteiger partial charge in [-0.05, 0) is 41.4 Å². The molecule has 0 bridgehead atoms. The van der Waals surface area contributed by atoms with Gasteiger partial charge in [-0.15, -0.1) is 0 Å². The van der Waals surface area contributed by atoms with E-state index in [1.54, 1.807) is 44.2 Å². The molecule has 1 aromatic carbocycles. The minimum Gasteiger partial charge on any atom is -0.449 e. The molecule has 0 radical (unpaired) electrons. The molecule has 0 aliphatic heterocycles. The van der Waals surface area contributed by atoms with Gasteiger partial charge in [-0.25, -0.2) is 4.79 Å². The quantitative estimate of drug-likeness (QED) is 0.820. The molecule has 2 aromatic rings. The standard InChI is InChI=1S/C15H15BrN2O4/c1-3-12(14(19)17-13-8-9(2)22-18-13)21-15(20)10-6-4-5-7-11(10)16/h4-8,12H,3H2,1-2H3,(H,17,18,19). The molecule has 6 nitrogen and oxygen atoms in total. The van der Waals surface area contributed by atoms with Crippen LogP contribution >= 0.6 is 15.9 Å². The second-order valence-corrected chi connectivity index (χ2v) is 5.45. The molecular formula is C15H15BrN2O4. The Morgan fingerprint density at radius 1 is 1.41 bits per heavy atom. The van der Waals surface area contributed by atoms with Crippen molar-refractivity contribution in [3.8, 4) is 0 Å². The molecule has 1 N–H and O–H groups in total. The molecule has 22 heavy (non-hydrogen) atoms. The summed E-state index contributed by atoms with van der Waals surface area (Å²) < 4.78 is 10.7. The van der Waals surface area contributed by atoms with E-state index < -0.39 is 18.0 Å². The summed E-state index contributed by atoms with van der Waals surface area (Å²) in [5.41, 5.74) is 0.367. The monoisotopic (exact) mass is 366 g/mol. The van der Waals surface area contributed by atoms with E-state index in [-0.39, 0.29) is 5.82 Å². The van der Waals surface area contributed by atoms with Crippen molar-refractivity contribution in [2.45, 2.75) is 26.4 Å². The van der Waals surface area contributed by atoms with E-state index >= 15 is 0 Å². The van der Waals surface area contributed by atoms with Crippen LogP contribution in [0.4, 0.5) is 5.82 Å². The zero-order chi connectivity index (χ0) is 16.1. The number of esters is 1. The van der Waals surface area contributed by atoms with Gasteiger partial charge in [0.05, 0.1) is 5.56 Å². The van der Waals surface area contributed by atoms with Crippen molar-refractivity contribution in [2.75, 3.05) is 5.32 Å². The Hall–Kier alpha value is -2.15. The normalized spacial score (nSPS) is 11.8. The zero-order valence-corrected chi connectivity index (χ0v) is 13.7. The SMILES string of the molecule is CCC(OC(=O)c1ccccc1Br)C(=O)Nc1cc(C)on1. The van der Waals surface area contributed by atoms with Crippen LogP contribution in [-0.4, -0.2) is 23.1 Å². The number of hydrogen-bond acceptors (Lipinski definition) is 5. The highest BCUT2D eigenvalue weighted by Gasteiger charge is 2.23. The van der Waals surface area contributed by atoms with Crippen molar-refractivity contribution in [3.63, 3.8) is 0 Å². The zero-order valence-electron chi connectivity index (χ0n) is 12.1. The number of halogens is 1. The molecule has 1 unspecified atom stereocenters. The highest BCUT2D eigenvalue weighted by molar-refractivity contribution is 9.10. The highest BCUT2D eigenvalue weighted by atomic mass is 79.9. The topological polar surface area (TPSA) is 81.4 Å². The first-order valence-corrected chi connectivity index (χ1v) is 7.50. The van der Waals surface area contributed by atoms with Gasteiger partial charge in [-0.1, -0.05) is 24.2 Å². The summed E-state index contributed by atoms with van der Waals surface area (Å²) in [6.07, 6.45) is -0.560. The molecule has 0 saturated carbocycles. The van der Waals surface area contributed by atoms with Crippen LogP contribution in [0.2, 0.25) is 0 Å². The van der Waals surface area contributed by atoms with Gasteiger partial charge in [0, 0.05) is 10.5 Å². The molecule has 0 aliphatic carbocycles. The fraction of sp³-hybridized carbons (Fsp3) is 0.267. The molecule has 1 heterocycles. The second kappa shape index (κ2) is 7.22. The van der Waals surface area contributed by atoms with E-state index in [0.29, 0.717) is 22.2 Å². The van der Waals surface area contributed by atoms with Crippen LogP contribution in [0.1, 0.15) is 29.5 Å². The Balaban J connectivity index is 2.04. The average Bonchev–Trinajstić information content (AvgIpc) is 2.90. The molecule has 7 heteroatoms. The van der Waals surface area contributed by atoms with Crippen LogP contribution in [0, 0.1) is 6.92 Å². The number of carbonyl (C=O) groups excluding carboxylic acids is 2. The van der Waals surface area contributed by atoms with E-state index in [4.69, 9.17) is 9.26 Å². The molecule has 2 rings (SSSR count). The third-order valence-electron chi connectivity index (χ3n) is 2.89. The summed E-state index contributed by atoms with van der Waals surface area (Å²) >= 11 is 3.28. The Bertz CT molecular complexity index is 684. The van der Waals surface area contributed by atoms with Crippen LogP contribution in [0.25, 0.3) is 0 Å². The smallest absolute Gasteiger partial charge is 0.340 e. The molecule has 0 fully saturated rings. The number of aromatic nitrogens is 1. The number of ether oxygens (including phenoxy) is 1. The number of nitrogens with zero attached hydrogens (tertiary/aromatic N) is 1. The molecule has 1 atom stereocenters. The first-order chi connectivity index (χ1) is 10.5. The predicted molar refractivity (Wildman–Crippen MR) is 83.5 cm³/mol. The summed E-state index contributed by atoms with van der Waals surface area (Å²) in [6, 6.07) is 8.45. The Kier molecular flexibility index (Phi) is 5.32. The lowest BCUT2D eigenvalue weighted by Crippen LogP contribution is -2.32. The number of nitrogens with one attached hydrogen (secondary N) is 1. The maximum Gasteiger partial charge on any atom is 0.340 e. The van der Waals surface area contributed by atoms with Gasteiger partial charge in [0.2, 0.25) is 0 Å². The number of hydrogen-bond donors (Lipinski definition) is 1. The summed E-state index contributed by atoms with van der Waals surface area (Å²) in [5, 5.41) is 6.22. The van der Waals surface area contributed by atoms with Crippen LogP contribution in [0.15, 0.2) is 39.3 Å². The van der Waals surface area contributed by atoms with Crippen LogP contribution in [-0.2, 0) is 9.53 Å². The van der Waals surface area contributed by atoms with E-state index in [0.717, 1.165) is 0 Å². The number of carbonyl (C=O) groups is 2. The van der Waals surface area contributed by atoms with Gasteiger partial charge in [0.1, 0.15) is 5.76 Å². The van der Waals surface area contributed by atoms with Gasteiger partial charge in [-0.3, -0.25) is 4.79 Å². The van der Waals surface area contributed by atoms with Crippen molar-refractivity contribution in [1.29, 1.82) is 0 Å². The van der Waals surface area contributed by atoms with Crippen molar-refractivity contribution >= 4 is 33.6 Å². The lowest BCUT2D eigenvalue weighted by molar-refractivity contribution is -0.124. The second-order valence-electron chi connectivity index (χ2n) is 4.59. The maximum atomic E-state index is 12.1. The highest BCUT2D eigenvalue weighted by Crippen LogP contribution is 2.18. The number of aryl methyl sites for hydroxylation is 1. The van der Waals surface area contributed by atoms with E-state index in [1.807, 2.05) is 0 Å². The van der Waals surface area contributed by atoms with Crippen LogP contribution in [0.3, 0.4) is 0 Å². The van der Waals surface area contributed by atoms with E-state index in [2.05, 4.69) is 26.4 Å². The van der Waals surface area contributed by atoms with Crippen LogP contribution < -0.4 is 5.32 Å². The first-order valence-electron chi connectivity index (χ1n) is 6.71. The average molecular weight is 367 g/mol. The third-order valence-corrected chi connectivity index (χ3v) is 3.58. The van der Waals surface area contributed by atoms with Gasteiger partial charge < -0.3 is 14.6 Å². The third kappa shape index (κ3) is 3.94. The summed E-state index contributed by atoms with van der Waals surface area (Å²) in [4.78, 5) is 24.3. The van der Waals surface area contributed by atoms with E-state index in [9.17, 15) is 9.59 Å². The number of rotatable bonds is 5. The summed E-state index contributed by atoms with van der Waals surface area (Å²) in [5.74, 6) is -0.145. The molecule has 1 aromatic heterocycles. The number of amides is 1. The van der Waals surface area contributed by atoms with Crippen LogP contribution in [0.5, 0.6) is 0 Å². The summed E-state index contributed by atoms with van der Waals surface area (Å²) in [6.45, 7) is 3.47. The lowest BCUT2D eigenvalue weighted by Gasteiger charge is -2.15. The molecule has 116 valence electrons. The van der Waals surface area contributed by atoms with Gasteiger partial charge in [0.15, 0.2) is 11.9 Å². The minimum atomic E-state index is -0.906. The maximum absolute atomic E-state index is 12.1. The minimum absolute atomic E-state index is 0.290. The molecule has 1 amide bonds. The van der Waals surface area contributed by atoms with E-state index in [1.165, 1.54) is 0 Å². The number of anilines is 1. The summed E-state index contributed by atoms with van der Waals surface area (Å²) in [7, 11) is 0. The van der Waals surface area contributed by atoms with Crippen molar-refractivity contribution < 1.29 is 18.8 Å². The van der Waals surface area contributed by atoms with Gasteiger partial charge >= 0.3 is 5.97 Å². The van der Waals surface area contributed by atoms with Gasteiger partial charge in [-0.2, -0.15) is 0 Å². The lowest BCUT2D eigenvalue weighted by atomic mass is 10.2. The molecule has 0 spiro atoms. The van der Waals surface area contributed by atoms with Crippen molar-refractivity contribution in [1.82, 2.24) is 5.16 Å². The Labute approximate surface area is 135 Å². The van der Waals surface area contributed by atoms with Gasteiger partial charge in [0.25, 0.3) is 5.91 Å². The number of benzene rings is 1. The largest absolute Gasteiger partial charge is 0.449 e.